The van der Waals surface area contributed by atoms with Crippen molar-refractivity contribution in [3.05, 3.63) is 51.6 Å². The van der Waals surface area contributed by atoms with Crippen LogP contribution in [0.1, 0.15) is 16.1 Å². The topological polar surface area (TPSA) is 59.4 Å². The van der Waals surface area contributed by atoms with Gasteiger partial charge in [0.25, 0.3) is 0 Å². The van der Waals surface area contributed by atoms with Crippen molar-refractivity contribution in [3.63, 3.8) is 0 Å². The van der Waals surface area contributed by atoms with Crippen LogP contribution in [0.2, 0.25) is 10.0 Å². The predicted molar refractivity (Wildman–Crippen MR) is 72.5 cm³/mol. The third-order valence-electron chi connectivity index (χ3n) is 2.33. The van der Waals surface area contributed by atoms with Gasteiger partial charge in [-0.1, -0.05) is 23.2 Å². The van der Waals surface area contributed by atoms with Gasteiger partial charge in [-0.2, -0.15) is 0 Å². The van der Waals surface area contributed by atoms with Crippen LogP contribution in [0.25, 0.3) is 0 Å². The standard InChI is InChI=1S/C13H9Cl2NO3/c1-7-2-4-9(13(17)18)12(16-7)19-11-5-3-8(14)6-10(11)15/h2-6H,1H3,(H,17,18). The van der Waals surface area contributed by atoms with Gasteiger partial charge in [0.05, 0.1) is 5.02 Å². The molecule has 0 aliphatic carbocycles. The number of nitrogens with zero attached hydrogens (tertiary/aromatic N) is 1. The number of carbonyl (C=O) groups is 1. The van der Waals surface area contributed by atoms with Gasteiger partial charge >= 0.3 is 5.97 Å². The molecule has 0 fully saturated rings. The monoisotopic (exact) mass is 297 g/mol. The number of pyridine rings is 1. The largest absolute Gasteiger partial charge is 0.477 e. The van der Waals surface area contributed by atoms with Crippen molar-refractivity contribution in [3.8, 4) is 11.6 Å². The summed E-state index contributed by atoms with van der Waals surface area (Å²) in [5, 5.41) is 9.82. The van der Waals surface area contributed by atoms with Crippen LogP contribution in [-0.4, -0.2) is 16.1 Å². The van der Waals surface area contributed by atoms with E-state index in [1.54, 1.807) is 25.1 Å². The molecule has 0 aliphatic heterocycles. The van der Waals surface area contributed by atoms with E-state index in [-0.39, 0.29) is 16.5 Å². The molecule has 0 atom stereocenters. The minimum absolute atomic E-state index is 0.00303. The van der Waals surface area contributed by atoms with Gasteiger partial charge in [0.2, 0.25) is 5.88 Å². The second kappa shape index (κ2) is 5.47. The molecule has 0 saturated carbocycles. The molecular weight excluding hydrogens is 289 g/mol. The molecule has 0 spiro atoms. The van der Waals surface area contributed by atoms with Crippen molar-refractivity contribution in [2.45, 2.75) is 6.92 Å². The van der Waals surface area contributed by atoms with Crippen molar-refractivity contribution in [1.29, 1.82) is 0 Å². The molecule has 0 radical (unpaired) electrons. The van der Waals surface area contributed by atoms with Gasteiger partial charge in [-0.25, -0.2) is 9.78 Å². The predicted octanol–water partition coefficient (Wildman–Crippen LogP) is 4.19. The molecule has 1 N–H and O–H groups in total. The molecule has 98 valence electrons. The zero-order valence-electron chi connectivity index (χ0n) is 9.85. The van der Waals surface area contributed by atoms with E-state index < -0.39 is 5.97 Å². The summed E-state index contributed by atoms with van der Waals surface area (Å²) in [5.74, 6) is -0.823. The Morgan fingerprint density at radius 1 is 1.26 bits per heavy atom. The number of carboxylic acid groups (broad SMARTS) is 1. The summed E-state index contributed by atoms with van der Waals surface area (Å²) in [5.41, 5.74) is 0.613. The van der Waals surface area contributed by atoms with Crippen LogP contribution in [-0.2, 0) is 0 Å². The van der Waals surface area contributed by atoms with Crippen molar-refractivity contribution in [1.82, 2.24) is 4.98 Å². The van der Waals surface area contributed by atoms with E-state index in [9.17, 15) is 4.79 Å². The molecule has 2 aromatic rings. The first-order chi connectivity index (χ1) is 8.97. The van der Waals surface area contributed by atoms with Crippen molar-refractivity contribution in [2.24, 2.45) is 0 Å². The Hall–Kier alpha value is -1.78. The second-order valence-electron chi connectivity index (χ2n) is 3.79. The van der Waals surface area contributed by atoms with Crippen LogP contribution in [0.15, 0.2) is 30.3 Å². The number of benzene rings is 1. The van der Waals surface area contributed by atoms with E-state index in [1.165, 1.54) is 12.1 Å². The highest BCUT2D eigenvalue weighted by molar-refractivity contribution is 6.35. The average Bonchev–Trinajstić information content (AvgIpc) is 2.32. The fraction of sp³-hybridized carbons (Fsp3) is 0.0769. The van der Waals surface area contributed by atoms with E-state index >= 15 is 0 Å². The minimum Gasteiger partial charge on any atom is -0.477 e. The van der Waals surface area contributed by atoms with Crippen LogP contribution in [0, 0.1) is 6.92 Å². The highest BCUT2D eigenvalue weighted by atomic mass is 35.5. The van der Waals surface area contributed by atoms with Gasteiger partial charge in [-0.3, -0.25) is 0 Å². The van der Waals surface area contributed by atoms with E-state index in [0.717, 1.165) is 0 Å². The molecule has 0 amide bonds. The van der Waals surface area contributed by atoms with Crippen LogP contribution < -0.4 is 4.74 Å². The minimum atomic E-state index is -1.12. The average molecular weight is 298 g/mol. The number of halogens is 2. The summed E-state index contributed by atoms with van der Waals surface area (Å²) in [7, 11) is 0. The maximum absolute atomic E-state index is 11.1. The van der Waals surface area contributed by atoms with Gasteiger partial charge in [-0.05, 0) is 37.3 Å². The van der Waals surface area contributed by atoms with Crippen LogP contribution in [0.5, 0.6) is 11.6 Å². The number of aromatic nitrogens is 1. The smallest absolute Gasteiger partial charge is 0.341 e. The molecule has 0 bridgehead atoms. The fourth-order valence-electron chi connectivity index (χ4n) is 1.44. The molecule has 0 aliphatic rings. The van der Waals surface area contributed by atoms with Gasteiger partial charge in [0.1, 0.15) is 11.3 Å². The Labute approximate surface area is 119 Å². The van der Waals surface area contributed by atoms with E-state index in [4.69, 9.17) is 33.0 Å². The van der Waals surface area contributed by atoms with Crippen molar-refractivity contribution >= 4 is 29.2 Å². The lowest BCUT2D eigenvalue weighted by atomic mass is 10.2. The van der Waals surface area contributed by atoms with Crippen LogP contribution >= 0.6 is 23.2 Å². The Morgan fingerprint density at radius 2 is 2.00 bits per heavy atom. The second-order valence-corrected chi connectivity index (χ2v) is 4.63. The van der Waals surface area contributed by atoms with Crippen LogP contribution in [0.4, 0.5) is 0 Å². The normalized spacial score (nSPS) is 10.3. The molecule has 6 heteroatoms. The first-order valence-corrected chi connectivity index (χ1v) is 6.07. The molecule has 4 nitrogen and oxygen atoms in total. The maximum atomic E-state index is 11.1. The number of aryl methyl sites for hydroxylation is 1. The first-order valence-electron chi connectivity index (χ1n) is 5.31. The van der Waals surface area contributed by atoms with E-state index in [1.807, 2.05) is 0 Å². The number of rotatable bonds is 3. The lowest BCUT2D eigenvalue weighted by Crippen LogP contribution is -2.03. The highest BCUT2D eigenvalue weighted by Crippen LogP contribution is 2.32. The Bertz CT molecular complexity index is 644. The molecule has 2 rings (SSSR count). The number of carboxylic acids is 1. The Kier molecular flexibility index (Phi) is 3.93. The lowest BCUT2D eigenvalue weighted by molar-refractivity contribution is 0.0693. The Morgan fingerprint density at radius 3 is 2.63 bits per heavy atom. The SMILES string of the molecule is Cc1ccc(C(=O)O)c(Oc2ccc(Cl)cc2Cl)n1. The first kappa shape index (κ1) is 13.6. The number of hydrogen-bond donors (Lipinski definition) is 1. The summed E-state index contributed by atoms with van der Waals surface area (Å²) in [6.07, 6.45) is 0. The van der Waals surface area contributed by atoms with Crippen molar-refractivity contribution in [2.75, 3.05) is 0 Å². The molecular formula is C13H9Cl2NO3. The third-order valence-corrected chi connectivity index (χ3v) is 2.86. The Balaban J connectivity index is 2.42. The quantitative estimate of drug-likeness (QED) is 0.923. The molecule has 19 heavy (non-hydrogen) atoms. The number of hydrogen-bond acceptors (Lipinski definition) is 3. The van der Waals surface area contributed by atoms with E-state index in [0.29, 0.717) is 16.5 Å². The number of aromatic carboxylic acids is 1. The molecule has 1 aromatic carbocycles. The molecule has 0 saturated heterocycles. The van der Waals surface area contributed by atoms with E-state index in [2.05, 4.69) is 4.98 Å². The lowest BCUT2D eigenvalue weighted by Gasteiger charge is -2.09. The summed E-state index contributed by atoms with van der Waals surface area (Å²) in [6, 6.07) is 7.69. The molecule has 1 aromatic heterocycles. The fourth-order valence-corrected chi connectivity index (χ4v) is 1.88. The van der Waals surface area contributed by atoms with Gasteiger partial charge in [0, 0.05) is 10.7 Å². The summed E-state index contributed by atoms with van der Waals surface area (Å²) in [4.78, 5) is 15.1. The van der Waals surface area contributed by atoms with Gasteiger partial charge < -0.3 is 9.84 Å². The number of ether oxygens (including phenoxy) is 1. The van der Waals surface area contributed by atoms with Gasteiger partial charge in [0.15, 0.2) is 0 Å². The summed E-state index contributed by atoms with van der Waals surface area (Å²) in [6.45, 7) is 1.74. The zero-order valence-corrected chi connectivity index (χ0v) is 11.4. The van der Waals surface area contributed by atoms with Crippen molar-refractivity contribution < 1.29 is 14.6 Å². The summed E-state index contributed by atoms with van der Waals surface area (Å²) < 4.78 is 5.45. The molecule has 0 unspecified atom stereocenters. The van der Waals surface area contributed by atoms with Crippen LogP contribution in [0.3, 0.4) is 0 Å². The third kappa shape index (κ3) is 3.16. The zero-order chi connectivity index (χ0) is 14.0. The maximum Gasteiger partial charge on any atom is 0.341 e. The summed E-state index contributed by atoms with van der Waals surface area (Å²) >= 11 is 11.7. The highest BCUT2D eigenvalue weighted by Gasteiger charge is 2.15. The molecule has 1 heterocycles. The van der Waals surface area contributed by atoms with Gasteiger partial charge in [-0.15, -0.1) is 0 Å².